The van der Waals surface area contributed by atoms with Crippen LogP contribution in [0.15, 0.2) is 24.3 Å². The molecule has 0 heterocycles. The van der Waals surface area contributed by atoms with Gasteiger partial charge in [0.15, 0.2) is 0 Å². The molecule has 1 aliphatic carbocycles. The summed E-state index contributed by atoms with van der Waals surface area (Å²) in [5.41, 5.74) is -0.391. The highest BCUT2D eigenvalue weighted by molar-refractivity contribution is 5.78. The Bertz CT molecular complexity index is 516. The van der Waals surface area contributed by atoms with Gasteiger partial charge in [-0.25, -0.2) is 0 Å². The molecule has 6 heteroatoms. The summed E-state index contributed by atoms with van der Waals surface area (Å²) in [7, 11) is 0. The van der Waals surface area contributed by atoms with Crippen LogP contribution >= 0.6 is 0 Å². The second kappa shape index (κ2) is 7.13. The van der Waals surface area contributed by atoms with Crippen LogP contribution in [0.25, 0.3) is 0 Å². The molecule has 0 bridgehead atoms. The van der Waals surface area contributed by atoms with Crippen LogP contribution in [0.4, 0.5) is 13.2 Å². The summed E-state index contributed by atoms with van der Waals surface area (Å²) in [6, 6.07) is 4.84. The lowest BCUT2D eigenvalue weighted by molar-refractivity contribution is -0.137. The summed E-state index contributed by atoms with van der Waals surface area (Å²) in [6.45, 7) is 0.111. The SMILES string of the molecule is O=C(Cc1cccc(C(F)(F)F)c1)N[C@@H]1CCC[C@@H](CO)C1. The first-order valence-corrected chi connectivity index (χ1v) is 7.45. The van der Waals surface area contributed by atoms with E-state index >= 15 is 0 Å². The van der Waals surface area contributed by atoms with Crippen LogP contribution in [0.5, 0.6) is 0 Å². The van der Waals surface area contributed by atoms with Crippen molar-refractivity contribution >= 4 is 5.91 Å². The van der Waals surface area contributed by atoms with Crippen molar-refractivity contribution in [3.8, 4) is 0 Å². The predicted molar refractivity (Wildman–Crippen MR) is 76.1 cm³/mol. The number of aliphatic hydroxyl groups is 1. The highest BCUT2D eigenvalue weighted by atomic mass is 19.4. The molecule has 1 aromatic rings. The van der Waals surface area contributed by atoms with Crippen LogP contribution in [-0.2, 0) is 17.4 Å². The summed E-state index contributed by atoms with van der Waals surface area (Å²) < 4.78 is 37.9. The third kappa shape index (κ3) is 4.73. The highest BCUT2D eigenvalue weighted by Crippen LogP contribution is 2.29. The molecule has 1 saturated carbocycles. The molecular weight excluding hydrogens is 295 g/mol. The van der Waals surface area contributed by atoms with Gasteiger partial charge in [0.05, 0.1) is 12.0 Å². The quantitative estimate of drug-likeness (QED) is 0.897. The molecule has 0 aromatic heterocycles. The fourth-order valence-corrected chi connectivity index (χ4v) is 2.91. The fourth-order valence-electron chi connectivity index (χ4n) is 2.91. The van der Waals surface area contributed by atoms with Crippen molar-refractivity contribution in [2.75, 3.05) is 6.61 Å². The van der Waals surface area contributed by atoms with Gasteiger partial charge in [-0.2, -0.15) is 13.2 Å². The minimum atomic E-state index is -4.40. The fraction of sp³-hybridized carbons (Fsp3) is 0.562. The van der Waals surface area contributed by atoms with Gasteiger partial charge in [-0.05, 0) is 36.8 Å². The Morgan fingerprint density at radius 1 is 1.32 bits per heavy atom. The lowest BCUT2D eigenvalue weighted by atomic mass is 9.86. The number of rotatable bonds is 4. The molecule has 1 aromatic carbocycles. The van der Waals surface area contributed by atoms with Gasteiger partial charge < -0.3 is 10.4 Å². The first-order valence-electron chi connectivity index (χ1n) is 7.45. The molecule has 2 atom stereocenters. The van der Waals surface area contributed by atoms with Gasteiger partial charge in [0.2, 0.25) is 5.91 Å². The molecule has 0 unspecified atom stereocenters. The van der Waals surface area contributed by atoms with E-state index in [1.807, 2.05) is 0 Å². The zero-order chi connectivity index (χ0) is 16.2. The number of nitrogens with one attached hydrogen (secondary N) is 1. The van der Waals surface area contributed by atoms with E-state index < -0.39 is 11.7 Å². The molecular formula is C16H20F3NO2. The summed E-state index contributed by atoms with van der Waals surface area (Å²) >= 11 is 0. The van der Waals surface area contributed by atoms with Crippen molar-refractivity contribution in [3.63, 3.8) is 0 Å². The number of alkyl halides is 3. The standard InChI is InChI=1S/C16H20F3NO2/c17-16(18,19)13-5-1-3-11(7-13)9-15(22)20-14-6-2-4-12(8-14)10-21/h1,3,5,7,12,14,21H,2,4,6,8-10H2,(H,20,22)/t12-,14-/m1/s1. The minimum absolute atomic E-state index is 0.00389. The summed E-state index contributed by atoms with van der Waals surface area (Å²) in [5, 5.41) is 12.0. The minimum Gasteiger partial charge on any atom is -0.396 e. The maximum Gasteiger partial charge on any atom is 0.416 e. The van der Waals surface area contributed by atoms with Crippen LogP contribution in [0, 0.1) is 5.92 Å². The van der Waals surface area contributed by atoms with Gasteiger partial charge in [-0.15, -0.1) is 0 Å². The van der Waals surface area contributed by atoms with Gasteiger partial charge in [0, 0.05) is 12.6 Å². The second-order valence-corrected chi connectivity index (χ2v) is 5.85. The Morgan fingerprint density at radius 3 is 2.77 bits per heavy atom. The number of carbonyl (C=O) groups is 1. The van der Waals surface area contributed by atoms with Gasteiger partial charge in [0.1, 0.15) is 0 Å². The van der Waals surface area contributed by atoms with E-state index in [2.05, 4.69) is 5.32 Å². The number of benzene rings is 1. The van der Waals surface area contributed by atoms with Crippen LogP contribution in [0.1, 0.15) is 36.8 Å². The molecule has 122 valence electrons. The molecule has 0 saturated heterocycles. The van der Waals surface area contributed by atoms with Gasteiger partial charge >= 0.3 is 6.18 Å². The maximum atomic E-state index is 12.6. The van der Waals surface area contributed by atoms with E-state index in [-0.39, 0.29) is 30.9 Å². The number of aliphatic hydroxyl groups excluding tert-OH is 1. The lowest BCUT2D eigenvalue weighted by Crippen LogP contribution is -2.39. The third-order valence-electron chi connectivity index (χ3n) is 4.03. The molecule has 1 amide bonds. The topological polar surface area (TPSA) is 49.3 Å². The number of hydrogen-bond acceptors (Lipinski definition) is 2. The van der Waals surface area contributed by atoms with E-state index in [9.17, 15) is 18.0 Å². The van der Waals surface area contributed by atoms with E-state index in [1.165, 1.54) is 12.1 Å². The Morgan fingerprint density at radius 2 is 2.09 bits per heavy atom. The van der Waals surface area contributed by atoms with E-state index in [4.69, 9.17) is 5.11 Å². The van der Waals surface area contributed by atoms with Crippen molar-refractivity contribution in [1.29, 1.82) is 0 Å². The van der Waals surface area contributed by atoms with Gasteiger partial charge in [-0.1, -0.05) is 24.6 Å². The number of hydrogen-bond donors (Lipinski definition) is 2. The van der Waals surface area contributed by atoms with Crippen molar-refractivity contribution in [2.45, 2.75) is 44.3 Å². The molecule has 1 aliphatic rings. The van der Waals surface area contributed by atoms with Crippen molar-refractivity contribution in [1.82, 2.24) is 5.32 Å². The summed E-state index contributed by atoms with van der Waals surface area (Å²) in [5.74, 6) is -0.0736. The van der Waals surface area contributed by atoms with Crippen LogP contribution in [0.2, 0.25) is 0 Å². The van der Waals surface area contributed by atoms with Crippen molar-refractivity contribution < 1.29 is 23.1 Å². The zero-order valence-electron chi connectivity index (χ0n) is 12.2. The first kappa shape index (κ1) is 16.8. The van der Waals surface area contributed by atoms with Gasteiger partial charge in [0.25, 0.3) is 0 Å². The van der Waals surface area contributed by atoms with Crippen molar-refractivity contribution in [2.24, 2.45) is 5.92 Å². The average Bonchev–Trinajstić information content (AvgIpc) is 2.46. The Balaban J connectivity index is 1.92. The van der Waals surface area contributed by atoms with Crippen LogP contribution in [-0.4, -0.2) is 23.7 Å². The smallest absolute Gasteiger partial charge is 0.396 e. The number of amides is 1. The summed E-state index contributed by atoms with van der Waals surface area (Å²) in [4.78, 5) is 12.0. The number of carbonyl (C=O) groups excluding carboxylic acids is 1. The molecule has 2 rings (SSSR count). The Kier molecular flexibility index (Phi) is 5.45. The molecule has 0 spiro atoms. The third-order valence-corrected chi connectivity index (χ3v) is 4.03. The molecule has 22 heavy (non-hydrogen) atoms. The second-order valence-electron chi connectivity index (χ2n) is 5.85. The number of halogens is 3. The van der Waals surface area contributed by atoms with Crippen molar-refractivity contribution in [3.05, 3.63) is 35.4 Å². The monoisotopic (exact) mass is 315 g/mol. The van der Waals surface area contributed by atoms with E-state index in [0.717, 1.165) is 37.8 Å². The molecule has 3 nitrogen and oxygen atoms in total. The van der Waals surface area contributed by atoms with E-state index in [0.29, 0.717) is 5.56 Å². The predicted octanol–water partition coefficient (Wildman–Crippen LogP) is 2.92. The molecule has 2 N–H and O–H groups in total. The Hall–Kier alpha value is -1.56. The molecule has 1 fully saturated rings. The molecule has 0 radical (unpaired) electrons. The van der Waals surface area contributed by atoms with Crippen LogP contribution < -0.4 is 5.32 Å². The Labute approximate surface area is 127 Å². The molecule has 0 aliphatic heterocycles. The van der Waals surface area contributed by atoms with E-state index in [1.54, 1.807) is 0 Å². The van der Waals surface area contributed by atoms with Crippen LogP contribution in [0.3, 0.4) is 0 Å². The van der Waals surface area contributed by atoms with Gasteiger partial charge in [-0.3, -0.25) is 4.79 Å². The normalized spacial score (nSPS) is 22.4. The maximum absolute atomic E-state index is 12.6. The average molecular weight is 315 g/mol. The first-order chi connectivity index (χ1) is 10.4. The largest absolute Gasteiger partial charge is 0.416 e. The lowest BCUT2D eigenvalue weighted by Gasteiger charge is -2.28. The summed E-state index contributed by atoms with van der Waals surface area (Å²) in [6.07, 6.45) is -0.986. The zero-order valence-corrected chi connectivity index (χ0v) is 12.2. The highest BCUT2D eigenvalue weighted by Gasteiger charge is 2.30.